The highest BCUT2D eigenvalue weighted by molar-refractivity contribution is 5.78. The van der Waals surface area contributed by atoms with Gasteiger partial charge in [0.1, 0.15) is 6.61 Å². The van der Waals surface area contributed by atoms with E-state index in [9.17, 15) is 4.79 Å². The maximum atomic E-state index is 11.5. The van der Waals surface area contributed by atoms with Gasteiger partial charge in [0, 0.05) is 19.1 Å². The molecule has 0 radical (unpaired) electrons. The maximum absolute atomic E-state index is 11.5. The van der Waals surface area contributed by atoms with Crippen molar-refractivity contribution in [2.24, 2.45) is 5.41 Å². The van der Waals surface area contributed by atoms with Crippen LogP contribution in [-0.4, -0.2) is 37.2 Å². The van der Waals surface area contributed by atoms with Gasteiger partial charge >= 0.3 is 0 Å². The van der Waals surface area contributed by atoms with Crippen LogP contribution in [-0.2, 0) is 9.53 Å². The summed E-state index contributed by atoms with van der Waals surface area (Å²) in [5.74, 6) is 0.0127. The highest BCUT2D eigenvalue weighted by atomic mass is 16.5. The third-order valence-corrected chi connectivity index (χ3v) is 3.40. The molecule has 0 bridgehead atoms. The fraction of sp³-hybridized carbons (Fsp3) is 0.909. The molecule has 1 saturated heterocycles. The molecule has 0 aromatic rings. The van der Waals surface area contributed by atoms with Gasteiger partial charge < -0.3 is 15.4 Å². The smallest absolute Gasteiger partial charge is 0.246 e. The van der Waals surface area contributed by atoms with Crippen LogP contribution < -0.4 is 10.6 Å². The van der Waals surface area contributed by atoms with E-state index < -0.39 is 0 Å². The van der Waals surface area contributed by atoms with Crippen LogP contribution in [0.2, 0.25) is 0 Å². The topological polar surface area (TPSA) is 50.4 Å². The molecule has 0 spiro atoms. The minimum absolute atomic E-state index is 0.0127. The lowest BCUT2D eigenvalue weighted by atomic mass is 10.0. The van der Waals surface area contributed by atoms with E-state index in [4.69, 9.17) is 4.74 Å². The fourth-order valence-electron chi connectivity index (χ4n) is 1.77. The molecule has 2 rings (SSSR count). The summed E-state index contributed by atoms with van der Waals surface area (Å²) in [6.07, 6.45) is 1.08. The van der Waals surface area contributed by atoms with Crippen molar-refractivity contribution in [1.82, 2.24) is 10.6 Å². The van der Waals surface area contributed by atoms with Gasteiger partial charge in [-0.3, -0.25) is 4.79 Å². The molecule has 1 atom stereocenters. The normalized spacial score (nSPS) is 30.5. The van der Waals surface area contributed by atoms with Crippen LogP contribution in [0, 0.1) is 5.41 Å². The second kappa shape index (κ2) is 3.46. The first-order valence-corrected chi connectivity index (χ1v) is 5.55. The zero-order chi connectivity index (χ0) is 11.1. The molecule has 4 heteroatoms. The molecule has 86 valence electrons. The molecule has 2 fully saturated rings. The first-order valence-electron chi connectivity index (χ1n) is 5.55. The van der Waals surface area contributed by atoms with Crippen molar-refractivity contribution >= 4 is 5.91 Å². The lowest BCUT2D eigenvalue weighted by Gasteiger charge is -2.38. The van der Waals surface area contributed by atoms with Gasteiger partial charge in [-0.05, 0) is 18.8 Å². The van der Waals surface area contributed by atoms with Crippen LogP contribution in [0.15, 0.2) is 0 Å². The van der Waals surface area contributed by atoms with Gasteiger partial charge in [-0.2, -0.15) is 0 Å². The highest BCUT2D eigenvalue weighted by Crippen LogP contribution is 2.44. The first-order chi connectivity index (χ1) is 6.91. The fourth-order valence-corrected chi connectivity index (χ4v) is 1.77. The Hall–Kier alpha value is -0.610. The third kappa shape index (κ3) is 2.49. The number of carbonyl (C=O) groups is 1. The maximum Gasteiger partial charge on any atom is 0.246 e. The van der Waals surface area contributed by atoms with E-state index in [-0.39, 0.29) is 23.5 Å². The molecular weight excluding hydrogens is 192 g/mol. The van der Waals surface area contributed by atoms with Gasteiger partial charge in [-0.15, -0.1) is 0 Å². The number of hydrogen-bond donors (Lipinski definition) is 2. The van der Waals surface area contributed by atoms with Crippen molar-refractivity contribution in [1.29, 1.82) is 0 Å². The Morgan fingerprint density at radius 2 is 2.07 bits per heavy atom. The lowest BCUT2D eigenvalue weighted by Crippen LogP contribution is -2.59. The quantitative estimate of drug-likeness (QED) is 0.704. The summed E-state index contributed by atoms with van der Waals surface area (Å²) in [5.41, 5.74) is 0.161. The molecular formula is C11H20N2O2. The van der Waals surface area contributed by atoms with Gasteiger partial charge in [0.2, 0.25) is 5.91 Å². The van der Waals surface area contributed by atoms with Crippen molar-refractivity contribution in [3.8, 4) is 0 Å². The predicted octanol–water partition coefficient (Wildman–Crippen LogP) is 0.280. The Labute approximate surface area is 90.8 Å². The number of carbonyl (C=O) groups excluding carboxylic acids is 1. The Bertz CT molecular complexity index is 272. The standard InChI is InChI=1S/C11H20N2O2/c1-10(2)4-8(10)13-9(14)5-15-11(3)6-12-7-11/h8,12H,4-7H2,1-3H3,(H,13,14). The largest absolute Gasteiger partial charge is 0.363 e. The van der Waals surface area contributed by atoms with Crippen LogP contribution in [0.5, 0.6) is 0 Å². The Balaban J connectivity index is 1.65. The highest BCUT2D eigenvalue weighted by Gasteiger charge is 2.46. The summed E-state index contributed by atoms with van der Waals surface area (Å²) in [6.45, 7) is 8.22. The van der Waals surface area contributed by atoms with E-state index in [1.165, 1.54) is 0 Å². The van der Waals surface area contributed by atoms with E-state index in [1.807, 2.05) is 6.92 Å². The third-order valence-electron chi connectivity index (χ3n) is 3.40. The van der Waals surface area contributed by atoms with Gasteiger partial charge in [0.25, 0.3) is 0 Å². The Morgan fingerprint density at radius 1 is 1.47 bits per heavy atom. The number of amides is 1. The summed E-state index contributed by atoms with van der Waals surface area (Å²) in [7, 11) is 0. The van der Waals surface area contributed by atoms with Gasteiger partial charge in [0.15, 0.2) is 0 Å². The van der Waals surface area contributed by atoms with Gasteiger partial charge in [-0.25, -0.2) is 0 Å². The van der Waals surface area contributed by atoms with E-state index in [1.54, 1.807) is 0 Å². The van der Waals surface area contributed by atoms with E-state index in [2.05, 4.69) is 24.5 Å². The van der Waals surface area contributed by atoms with Crippen molar-refractivity contribution in [3.05, 3.63) is 0 Å². The Morgan fingerprint density at radius 3 is 2.47 bits per heavy atom. The van der Waals surface area contributed by atoms with Gasteiger partial charge in [-0.1, -0.05) is 13.8 Å². The van der Waals surface area contributed by atoms with Crippen LogP contribution in [0.1, 0.15) is 27.2 Å². The average molecular weight is 212 g/mol. The van der Waals surface area contributed by atoms with Crippen LogP contribution >= 0.6 is 0 Å². The molecule has 2 N–H and O–H groups in total. The summed E-state index contributed by atoms with van der Waals surface area (Å²) in [4.78, 5) is 11.5. The van der Waals surface area contributed by atoms with Crippen LogP contribution in [0.25, 0.3) is 0 Å². The lowest BCUT2D eigenvalue weighted by molar-refractivity contribution is -0.136. The molecule has 1 saturated carbocycles. The molecule has 2 aliphatic rings. The summed E-state index contributed by atoms with van der Waals surface area (Å²) in [6, 6.07) is 0.348. The molecule has 0 aromatic carbocycles. The number of rotatable bonds is 4. The molecule has 1 aliphatic heterocycles. The predicted molar refractivity (Wildman–Crippen MR) is 57.6 cm³/mol. The second-order valence-electron chi connectivity index (χ2n) is 5.65. The minimum atomic E-state index is -0.129. The number of ether oxygens (including phenoxy) is 1. The molecule has 1 aliphatic carbocycles. The van der Waals surface area contributed by atoms with Crippen LogP contribution in [0.4, 0.5) is 0 Å². The average Bonchev–Trinajstić information content (AvgIpc) is 2.67. The molecule has 1 heterocycles. The molecule has 0 aromatic heterocycles. The zero-order valence-electron chi connectivity index (χ0n) is 9.72. The van der Waals surface area contributed by atoms with Crippen molar-refractivity contribution in [3.63, 3.8) is 0 Å². The Kier molecular flexibility index (Phi) is 2.51. The van der Waals surface area contributed by atoms with E-state index in [0.717, 1.165) is 19.5 Å². The van der Waals surface area contributed by atoms with Crippen LogP contribution in [0.3, 0.4) is 0 Å². The first kappa shape index (κ1) is 10.9. The summed E-state index contributed by atoms with van der Waals surface area (Å²) >= 11 is 0. The molecule has 1 amide bonds. The SMILES string of the molecule is CC1(OCC(=O)NC2CC2(C)C)CNC1. The number of nitrogens with one attached hydrogen (secondary N) is 2. The van der Waals surface area contributed by atoms with Crippen molar-refractivity contribution < 1.29 is 9.53 Å². The molecule has 1 unspecified atom stereocenters. The minimum Gasteiger partial charge on any atom is -0.363 e. The van der Waals surface area contributed by atoms with Gasteiger partial charge in [0.05, 0.1) is 5.60 Å². The summed E-state index contributed by atoms with van der Waals surface area (Å²) < 4.78 is 5.55. The molecule has 15 heavy (non-hydrogen) atoms. The zero-order valence-corrected chi connectivity index (χ0v) is 9.72. The summed E-state index contributed by atoms with van der Waals surface area (Å²) in [5, 5.41) is 6.12. The monoisotopic (exact) mass is 212 g/mol. The van der Waals surface area contributed by atoms with Crippen molar-refractivity contribution in [2.75, 3.05) is 19.7 Å². The van der Waals surface area contributed by atoms with E-state index in [0.29, 0.717) is 6.04 Å². The van der Waals surface area contributed by atoms with Crippen molar-refractivity contribution in [2.45, 2.75) is 38.8 Å². The number of hydrogen-bond acceptors (Lipinski definition) is 3. The van der Waals surface area contributed by atoms with E-state index >= 15 is 0 Å². The molecule has 4 nitrogen and oxygen atoms in total. The second-order valence-corrected chi connectivity index (χ2v) is 5.65.